The van der Waals surface area contributed by atoms with Crippen LogP contribution in [0.2, 0.25) is 0 Å². The van der Waals surface area contributed by atoms with E-state index >= 15 is 0 Å². The fourth-order valence-corrected chi connectivity index (χ4v) is 2.34. The molecule has 92 valence electrons. The maximum absolute atomic E-state index is 3.52. The summed E-state index contributed by atoms with van der Waals surface area (Å²) < 4.78 is 0. The second-order valence-corrected chi connectivity index (χ2v) is 5.19. The fourth-order valence-electron chi connectivity index (χ4n) is 2.34. The molecule has 0 bridgehead atoms. The van der Waals surface area contributed by atoms with Crippen LogP contribution in [0.4, 0.5) is 5.69 Å². The predicted octanol–water partition coefficient (Wildman–Crippen LogP) is 4.48. The minimum absolute atomic E-state index is 0.836. The van der Waals surface area contributed by atoms with E-state index in [9.17, 15) is 0 Å². The van der Waals surface area contributed by atoms with E-state index in [0.717, 1.165) is 12.5 Å². The third-order valence-electron chi connectivity index (χ3n) is 3.63. The van der Waals surface area contributed by atoms with Crippen molar-refractivity contribution in [3.8, 4) is 0 Å². The van der Waals surface area contributed by atoms with Gasteiger partial charge >= 0.3 is 0 Å². The average molecular weight is 237 g/mol. The molecule has 0 aliphatic heterocycles. The lowest BCUT2D eigenvalue weighted by Gasteiger charge is -2.10. The molecule has 1 heteroatoms. The van der Waals surface area contributed by atoms with E-state index in [4.69, 9.17) is 0 Å². The number of aryl methyl sites for hydroxylation is 1. The summed E-state index contributed by atoms with van der Waals surface area (Å²) in [6, 6.07) is 17.4. The highest BCUT2D eigenvalue weighted by atomic mass is 14.9. The van der Waals surface area contributed by atoms with Crippen molar-refractivity contribution >= 4 is 5.69 Å². The number of hydrogen-bond acceptors (Lipinski definition) is 1. The van der Waals surface area contributed by atoms with Gasteiger partial charge in [0.1, 0.15) is 0 Å². The van der Waals surface area contributed by atoms with Gasteiger partial charge in [-0.3, -0.25) is 0 Å². The average Bonchev–Trinajstić information content (AvgIpc) is 3.23. The van der Waals surface area contributed by atoms with E-state index in [1.54, 1.807) is 0 Å². The lowest BCUT2D eigenvalue weighted by Crippen LogP contribution is -2.01. The van der Waals surface area contributed by atoms with Gasteiger partial charge in [0.25, 0.3) is 0 Å². The van der Waals surface area contributed by atoms with E-state index < -0.39 is 0 Å². The molecule has 2 aromatic rings. The highest BCUT2D eigenvalue weighted by Gasteiger charge is 2.23. The van der Waals surface area contributed by atoms with Crippen LogP contribution in [0, 0.1) is 6.92 Å². The van der Waals surface area contributed by atoms with Gasteiger partial charge in [-0.2, -0.15) is 0 Å². The molecule has 0 radical (unpaired) electrons. The van der Waals surface area contributed by atoms with Gasteiger partial charge in [0, 0.05) is 12.2 Å². The summed E-state index contributed by atoms with van der Waals surface area (Å²) in [4.78, 5) is 0. The second kappa shape index (κ2) is 4.85. The Bertz CT molecular complexity index is 541. The molecule has 0 atom stereocenters. The smallest absolute Gasteiger partial charge is 0.0400 e. The van der Waals surface area contributed by atoms with Crippen LogP contribution in [0.3, 0.4) is 0 Å². The maximum atomic E-state index is 3.52. The summed E-state index contributed by atoms with van der Waals surface area (Å²) in [7, 11) is 0. The van der Waals surface area contributed by atoms with Gasteiger partial charge in [-0.15, -0.1) is 0 Å². The fraction of sp³-hybridized carbons (Fsp3) is 0.294. The number of rotatable bonds is 4. The van der Waals surface area contributed by atoms with Gasteiger partial charge in [-0.25, -0.2) is 0 Å². The molecular formula is C17H19N. The Morgan fingerprint density at radius 1 is 1.06 bits per heavy atom. The van der Waals surface area contributed by atoms with E-state index in [0.29, 0.717) is 0 Å². The molecule has 0 saturated heterocycles. The molecule has 0 heterocycles. The maximum Gasteiger partial charge on any atom is 0.0400 e. The van der Waals surface area contributed by atoms with Gasteiger partial charge in [0.15, 0.2) is 0 Å². The predicted molar refractivity (Wildman–Crippen MR) is 76.9 cm³/mol. The van der Waals surface area contributed by atoms with Crippen molar-refractivity contribution in [1.29, 1.82) is 0 Å². The number of hydrogen-bond donors (Lipinski definition) is 1. The minimum atomic E-state index is 0.836. The summed E-state index contributed by atoms with van der Waals surface area (Å²) in [5, 5.41) is 3.52. The van der Waals surface area contributed by atoms with Crippen LogP contribution < -0.4 is 5.32 Å². The molecule has 1 N–H and O–H groups in total. The van der Waals surface area contributed by atoms with Crippen LogP contribution in [0.5, 0.6) is 0 Å². The Morgan fingerprint density at radius 3 is 2.67 bits per heavy atom. The normalized spacial score (nSPS) is 14.5. The molecule has 0 amide bonds. The van der Waals surface area contributed by atoms with Crippen molar-refractivity contribution in [2.75, 3.05) is 5.32 Å². The zero-order valence-electron chi connectivity index (χ0n) is 10.8. The van der Waals surface area contributed by atoms with Crippen LogP contribution in [0.15, 0.2) is 48.5 Å². The standard InChI is InChI=1S/C17H19N/c1-13-5-2-3-8-17(13)18-12-14-6-4-7-16(11-14)15-9-10-15/h2-8,11,15,18H,9-10,12H2,1H3. The first-order valence-electron chi connectivity index (χ1n) is 6.71. The largest absolute Gasteiger partial charge is 0.381 e. The van der Waals surface area contributed by atoms with Crippen molar-refractivity contribution < 1.29 is 0 Å². The molecule has 1 fully saturated rings. The van der Waals surface area contributed by atoms with E-state index in [1.165, 1.54) is 35.2 Å². The zero-order valence-corrected chi connectivity index (χ0v) is 10.8. The SMILES string of the molecule is Cc1ccccc1NCc1cccc(C2CC2)c1. The third kappa shape index (κ3) is 2.56. The zero-order chi connectivity index (χ0) is 12.4. The lowest BCUT2D eigenvalue weighted by atomic mass is 10.1. The molecular weight excluding hydrogens is 218 g/mol. The monoisotopic (exact) mass is 237 g/mol. The summed E-state index contributed by atoms with van der Waals surface area (Å²) in [6.45, 7) is 3.05. The molecule has 2 aromatic carbocycles. The summed E-state index contributed by atoms with van der Waals surface area (Å²) in [6.07, 6.45) is 2.74. The Hall–Kier alpha value is -1.76. The highest BCUT2D eigenvalue weighted by molar-refractivity contribution is 5.50. The molecule has 1 saturated carbocycles. The number of benzene rings is 2. The van der Waals surface area contributed by atoms with Crippen LogP contribution in [-0.2, 0) is 6.54 Å². The highest BCUT2D eigenvalue weighted by Crippen LogP contribution is 2.40. The minimum Gasteiger partial charge on any atom is -0.381 e. The van der Waals surface area contributed by atoms with Crippen LogP contribution >= 0.6 is 0 Å². The summed E-state index contributed by atoms with van der Waals surface area (Å²) in [5.41, 5.74) is 5.42. The van der Waals surface area contributed by atoms with Gasteiger partial charge in [0.05, 0.1) is 0 Å². The molecule has 3 rings (SSSR count). The van der Waals surface area contributed by atoms with Gasteiger partial charge in [-0.05, 0) is 48.4 Å². The van der Waals surface area contributed by atoms with E-state index in [-0.39, 0.29) is 0 Å². The first-order valence-corrected chi connectivity index (χ1v) is 6.71. The molecule has 1 aliphatic rings. The van der Waals surface area contributed by atoms with Gasteiger partial charge < -0.3 is 5.32 Å². The van der Waals surface area contributed by atoms with E-state index in [2.05, 4.69) is 60.8 Å². The van der Waals surface area contributed by atoms with Crippen LogP contribution in [-0.4, -0.2) is 0 Å². The Balaban J connectivity index is 1.69. The second-order valence-electron chi connectivity index (χ2n) is 5.19. The van der Waals surface area contributed by atoms with E-state index in [1.807, 2.05) is 0 Å². The third-order valence-corrected chi connectivity index (χ3v) is 3.63. The van der Waals surface area contributed by atoms with Crippen LogP contribution in [0.25, 0.3) is 0 Å². The number of anilines is 1. The molecule has 0 spiro atoms. The first-order chi connectivity index (χ1) is 8.83. The van der Waals surface area contributed by atoms with Crippen molar-refractivity contribution in [2.45, 2.75) is 32.2 Å². The molecule has 0 unspecified atom stereocenters. The van der Waals surface area contributed by atoms with Crippen molar-refractivity contribution in [1.82, 2.24) is 0 Å². The van der Waals surface area contributed by atoms with Gasteiger partial charge in [0.2, 0.25) is 0 Å². The quantitative estimate of drug-likeness (QED) is 0.826. The van der Waals surface area contributed by atoms with Crippen molar-refractivity contribution in [3.63, 3.8) is 0 Å². The van der Waals surface area contributed by atoms with Crippen molar-refractivity contribution in [3.05, 3.63) is 65.2 Å². The molecule has 1 aliphatic carbocycles. The topological polar surface area (TPSA) is 12.0 Å². The molecule has 0 aromatic heterocycles. The molecule has 1 nitrogen and oxygen atoms in total. The Labute approximate surface area is 109 Å². The Morgan fingerprint density at radius 2 is 1.89 bits per heavy atom. The number of para-hydroxylation sites is 1. The summed E-state index contributed by atoms with van der Waals surface area (Å²) in [5.74, 6) is 0.836. The first kappa shape index (κ1) is 11.3. The van der Waals surface area contributed by atoms with Crippen molar-refractivity contribution in [2.24, 2.45) is 0 Å². The number of nitrogens with one attached hydrogen (secondary N) is 1. The lowest BCUT2D eigenvalue weighted by molar-refractivity contribution is 1.08. The molecule has 18 heavy (non-hydrogen) atoms. The summed E-state index contributed by atoms with van der Waals surface area (Å²) >= 11 is 0. The Kier molecular flexibility index (Phi) is 3.06. The van der Waals surface area contributed by atoms with Crippen LogP contribution in [0.1, 0.15) is 35.4 Å². The van der Waals surface area contributed by atoms with Gasteiger partial charge in [-0.1, -0.05) is 42.5 Å².